The van der Waals surface area contributed by atoms with Crippen molar-refractivity contribution in [2.24, 2.45) is 0 Å². The largest absolute Gasteiger partial charge is 0.487 e. The first-order chi connectivity index (χ1) is 15.8. The fourth-order valence-electron chi connectivity index (χ4n) is 2.98. The molecule has 0 spiro atoms. The minimum atomic E-state index is -0.239. The molecule has 7 nitrogen and oxygen atoms in total. The lowest BCUT2D eigenvalue weighted by atomic mass is 10.1. The molecule has 0 bridgehead atoms. The van der Waals surface area contributed by atoms with Crippen LogP contribution in [-0.2, 0) is 13.2 Å². The average molecular weight is 523 g/mol. The number of nitrogens with two attached hydrogens (primary N) is 1. The molecule has 0 saturated heterocycles. The molecule has 0 aliphatic rings. The molecule has 0 aliphatic heterocycles. The molecule has 3 rings (SSSR count). The van der Waals surface area contributed by atoms with Gasteiger partial charge in [-0.1, -0.05) is 52.5 Å². The molecule has 2 aromatic carbocycles. The molecule has 1 aromatic heterocycles. The Morgan fingerprint density at radius 2 is 1.85 bits per heavy atom. The van der Waals surface area contributed by atoms with Gasteiger partial charge in [0.1, 0.15) is 41.6 Å². The maximum atomic E-state index is 9.79. The highest BCUT2D eigenvalue weighted by atomic mass is 35.5. The van der Waals surface area contributed by atoms with Crippen LogP contribution in [0.3, 0.4) is 0 Å². The van der Waals surface area contributed by atoms with Crippen molar-refractivity contribution >= 4 is 63.9 Å². The molecule has 168 valence electrons. The van der Waals surface area contributed by atoms with E-state index in [1.165, 1.54) is 16.8 Å². The standard InChI is InChI=1S/C22H15Cl4N5O2/c23-15-2-1-12(18(25)7-15)11-33-21-13(6-16(24)8-19(21)26)5-14(9-27)20-17(10-28)22(29)31(30-20)3-4-32/h1-2,5-8,32H,3-4,11,29H2. The van der Waals surface area contributed by atoms with Crippen LogP contribution in [0.5, 0.6) is 5.75 Å². The molecule has 1 heterocycles. The summed E-state index contributed by atoms with van der Waals surface area (Å²) in [6, 6.07) is 12.0. The zero-order valence-electron chi connectivity index (χ0n) is 16.8. The van der Waals surface area contributed by atoms with Crippen LogP contribution in [0, 0.1) is 22.7 Å². The van der Waals surface area contributed by atoms with E-state index in [4.69, 9.17) is 56.9 Å². The van der Waals surface area contributed by atoms with Gasteiger partial charge in [-0.3, -0.25) is 0 Å². The summed E-state index contributed by atoms with van der Waals surface area (Å²) < 4.78 is 7.17. The third-order valence-electron chi connectivity index (χ3n) is 4.51. The third-order valence-corrected chi connectivity index (χ3v) is 5.60. The van der Waals surface area contributed by atoms with E-state index in [2.05, 4.69) is 5.10 Å². The second-order valence-electron chi connectivity index (χ2n) is 6.67. The number of allylic oxidation sites excluding steroid dienone is 1. The summed E-state index contributed by atoms with van der Waals surface area (Å²) in [5, 5.41) is 34.1. The summed E-state index contributed by atoms with van der Waals surface area (Å²) in [6.45, 7) is -0.100. The van der Waals surface area contributed by atoms with Crippen LogP contribution >= 0.6 is 46.4 Å². The molecular formula is C22H15Cl4N5O2. The number of benzene rings is 2. The van der Waals surface area contributed by atoms with Crippen molar-refractivity contribution in [1.29, 1.82) is 10.5 Å². The van der Waals surface area contributed by atoms with Gasteiger partial charge < -0.3 is 15.6 Å². The van der Waals surface area contributed by atoms with Gasteiger partial charge in [0.15, 0.2) is 0 Å². The van der Waals surface area contributed by atoms with Gasteiger partial charge >= 0.3 is 0 Å². The number of nitrogen functional groups attached to an aromatic ring is 1. The second kappa shape index (κ2) is 10.8. The lowest BCUT2D eigenvalue weighted by molar-refractivity contribution is 0.270. The molecule has 0 atom stereocenters. The van der Waals surface area contributed by atoms with Crippen molar-refractivity contribution in [3.63, 3.8) is 0 Å². The lowest BCUT2D eigenvalue weighted by Gasteiger charge is -2.13. The van der Waals surface area contributed by atoms with E-state index in [1.54, 1.807) is 24.3 Å². The first-order valence-corrected chi connectivity index (χ1v) is 10.8. The van der Waals surface area contributed by atoms with Gasteiger partial charge in [-0.2, -0.15) is 15.6 Å². The number of anilines is 1. The van der Waals surface area contributed by atoms with E-state index in [9.17, 15) is 15.6 Å². The van der Waals surface area contributed by atoms with Crippen molar-refractivity contribution in [1.82, 2.24) is 9.78 Å². The number of rotatable bonds is 7. The zero-order valence-corrected chi connectivity index (χ0v) is 19.8. The summed E-state index contributed by atoms with van der Waals surface area (Å²) in [7, 11) is 0. The van der Waals surface area contributed by atoms with Gasteiger partial charge in [0.25, 0.3) is 0 Å². The number of nitrogens with zero attached hydrogens (tertiary/aromatic N) is 4. The quantitative estimate of drug-likeness (QED) is 0.390. The highest BCUT2D eigenvalue weighted by Gasteiger charge is 2.20. The van der Waals surface area contributed by atoms with Crippen molar-refractivity contribution < 1.29 is 9.84 Å². The Morgan fingerprint density at radius 1 is 1.12 bits per heavy atom. The van der Waals surface area contributed by atoms with Crippen molar-refractivity contribution in [2.45, 2.75) is 13.2 Å². The summed E-state index contributed by atoms with van der Waals surface area (Å²) in [5.74, 6) is 0.293. The highest BCUT2D eigenvalue weighted by Crippen LogP contribution is 2.36. The van der Waals surface area contributed by atoms with Crippen LogP contribution in [0.15, 0.2) is 30.3 Å². The van der Waals surface area contributed by atoms with Crippen LogP contribution < -0.4 is 10.5 Å². The summed E-state index contributed by atoms with van der Waals surface area (Å²) in [5.41, 5.74) is 7.10. The maximum absolute atomic E-state index is 9.79. The predicted octanol–water partition coefficient (Wildman–Crippen LogP) is 5.59. The lowest BCUT2D eigenvalue weighted by Crippen LogP contribution is -2.07. The summed E-state index contributed by atoms with van der Waals surface area (Å²) in [6.07, 6.45) is 1.45. The van der Waals surface area contributed by atoms with E-state index >= 15 is 0 Å². The number of hydrogen-bond acceptors (Lipinski definition) is 6. The minimum absolute atomic E-state index is 0.0137. The van der Waals surface area contributed by atoms with Crippen molar-refractivity contribution in [2.75, 3.05) is 12.3 Å². The van der Waals surface area contributed by atoms with Gasteiger partial charge in [-0.15, -0.1) is 0 Å². The number of halogens is 4. The first-order valence-electron chi connectivity index (χ1n) is 9.34. The number of aliphatic hydroxyl groups is 1. The third kappa shape index (κ3) is 5.54. The normalized spacial score (nSPS) is 11.2. The van der Waals surface area contributed by atoms with E-state index in [1.807, 2.05) is 12.1 Å². The highest BCUT2D eigenvalue weighted by molar-refractivity contribution is 6.36. The number of ether oxygens (including phenoxy) is 1. The number of nitriles is 2. The molecule has 0 amide bonds. The average Bonchev–Trinajstić information content (AvgIpc) is 3.07. The second-order valence-corrected chi connectivity index (χ2v) is 8.35. The molecule has 0 saturated carbocycles. The monoisotopic (exact) mass is 521 g/mol. The summed E-state index contributed by atoms with van der Waals surface area (Å²) >= 11 is 24.7. The van der Waals surface area contributed by atoms with Gasteiger partial charge in [0, 0.05) is 26.2 Å². The summed E-state index contributed by atoms with van der Waals surface area (Å²) in [4.78, 5) is 0. The first kappa shape index (κ1) is 24.7. The number of aromatic nitrogens is 2. The van der Waals surface area contributed by atoms with E-state index < -0.39 is 0 Å². The van der Waals surface area contributed by atoms with Crippen LogP contribution in [0.4, 0.5) is 5.82 Å². The SMILES string of the molecule is N#CC(=Cc1cc(Cl)cc(Cl)c1OCc1ccc(Cl)cc1Cl)c1nn(CCO)c(N)c1C#N. The fourth-order valence-corrected chi connectivity index (χ4v) is 4.00. The van der Waals surface area contributed by atoms with Crippen LogP contribution in [-0.4, -0.2) is 21.5 Å². The molecule has 0 aliphatic carbocycles. The Hall–Kier alpha value is -2.91. The maximum Gasteiger partial charge on any atom is 0.145 e. The van der Waals surface area contributed by atoms with E-state index in [0.29, 0.717) is 26.2 Å². The molecule has 3 aromatic rings. The Balaban J connectivity index is 2.06. The Kier molecular flexibility index (Phi) is 8.10. The Bertz CT molecular complexity index is 1320. The number of hydrogen-bond donors (Lipinski definition) is 2. The molecule has 0 fully saturated rings. The Morgan fingerprint density at radius 3 is 2.48 bits per heavy atom. The topological polar surface area (TPSA) is 121 Å². The van der Waals surface area contributed by atoms with Gasteiger partial charge in [0.05, 0.1) is 23.7 Å². The van der Waals surface area contributed by atoms with Gasteiger partial charge in [0.2, 0.25) is 0 Å². The molecule has 3 N–H and O–H groups in total. The molecular weight excluding hydrogens is 508 g/mol. The Labute approximate surface area is 209 Å². The zero-order chi connectivity index (χ0) is 24.1. The fraction of sp³-hybridized carbons (Fsp3) is 0.136. The molecule has 33 heavy (non-hydrogen) atoms. The van der Waals surface area contributed by atoms with Crippen LogP contribution in [0.25, 0.3) is 11.6 Å². The van der Waals surface area contributed by atoms with Gasteiger partial charge in [-0.05, 0) is 30.3 Å². The molecule has 0 unspecified atom stereocenters. The van der Waals surface area contributed by atoms with Crippen molar-refractivity contribution in [3.05, 3.63) is 72.8 Å². The minimum Gasteiger partial charge on any atom is -0.487 e. The van der Waals surface area contributed by atoms with E-state index in [-0.39, 0.29) is 53.2 Å². The molecule has 11 heteroatoms. The predicted molar refractivity (Wildman–Crippen MR) is 129 cm³/mol. The van der Waals surface area contributed by atoms with Crippen LogP contribution in [0.1, 0.15) is 22.4 Å². The van der Waals surface area contributed by atoms with E-state index in [0.717, 1.165) is 0 Å². The van der Waals surface area contributed by atoms with Gasteiger partial charge in [-0.25, -0.2) is 4.68 Å². The molecule has 0 radical (unpaired) electrons. The smallest absolute Gasteiger partial charge is 0.145 e. The van der Waals surface area contributed by atoms with Crippen LogP contribution in [0.2, 0.25) is 20.1 Å². The van der Waals surface area contributed by atoms with Crippen molar-refractivity contribution in [3.8, 4) is 17.9 Å². The number of aliphatic hydroxyl groups excluding tert-OH is 1.